The minimum Gasteiger partial charge on any atom is -0.330 e. The molecule has 3 N–H and O–H groups in total. The monoisotopic (exact) mass is 296 g/mol. The molecule has 4 nitrogen and oxygen atoms in total. The molecule has 1 aromatic rings. The molecule has 0 spiro atoms. The van der Waals surface area contributed by atoms with Crippen molar-refractivity contribution in [3.63, 3.8) is 0 Å². The Kier molecular flexibility index (Phi) is 5.18. The number of hydrogen-bond donors (Lipinski definition) is 2. The predicted molar refractivity (Wildman–Crippen MR) is 81.1 cm³/mol. The van der Waals surface area contributed by atoms with E-state index >= 15 is 0 Å². The zero-order chi connectivity index (χ0) is 14.6. The summed E-state index contributed by atoms with van der Waals surface area (Å²) in [4.78, 5) is 0.394. The van der Waals surface area contributed by atoms with Crippen molar-refractivity contribution in [2.75, 3.05) is 13.1 Å². The van der Waals surface area contributed by atoms with E-state index in [1.54, 1.807) is 6.07 Å². The van der Waals surface area contributed by atoms with E-state index in [1.165, 1.54) is 11.1 Å². The Balaban J connectivity index is 1.93. The van der Waals surface area contributed by atoms with Gasteiger partial charge in [-0.3, -0.25) is 0 Å². The highest BCUT2D eigenvalue weighted by Gasteiger charge is 2.17. The van der Waals surface area contributed by atoms with Gasteiger partial charge in [0.15, 0.2) is 0 Å². The maximum absolute atomic E-state index is 12.2. The highest BCUT2D eigenvalue weighted by molar-refractivity contribution is 7.89. The molecule has 0 amide bonds. The van der Waals surface area contributed by atoms with Crippen LogP contribution in [-0.2, 0) is 22.9 Å². The Morgan fingerprint density at radius 3 is 2.80 bits per heavy atom. The first kappa shape index (κ1) is 15.5. The van der Waals surface area contributed by atoms with Crippen molar-refractivity contribution >= 4 is 10.0 Å². The van der Waals surface area contributed by atoms with E-state index in [2.05, 4.69) is 11.6 Å². The van der Waals surface area contributed by atoms with Crippen LogP contribution in [0.15, 0.2) is 23.1 Å². The summed E-state index contributed by atoms with van der Waals surface area (Å²) in [5, 5.41) is 0. The summed E-state index contributed by atoms with van der Waals surface area (Å²) in [6.07, 6.45) is 4.96. The maximum Gasteiger partial charge on any atom is 0.240 e. The van der Waals surface area contributed by atoms with E-state index in [0.717, 1.165) is 32.1 Å². The van der Waals surface area contributed by atoms with Crippen molar-refractivity contribution < 1.29 is 8.42 Å². The summed E-state index contributed by atoms with van der Waals surface area (Å²) in [5.41, 5.74) is 8.02. The van der Waals surface area contributed by atoms with Crippen molar-refractivity contribution in [2.24, 2.45) is 11.7 Å². The molecule has 0 aliphatic heterocycles. The van der Waals surface area contributed by atoms with Gasteiger partial charge >= 0.3 is 0 Å². The molecule has 1 aromatic carbocycles. The molecule has 0 saturated heterocycles. The Morgan fingerprint density at radius 2 is 2.05 bits per heavy atom. The van der Waals surface area contributed by atoms with Crippen LogP contribution in [0.4, 0.5) is 0 Å². The molecule has 0 saturated carbocycles. The minimum absolute atomic E-state index is 0.394. The molecule has 1 aliphatic carbocycles. The highest BCUT2D eigenvalue weighted by atomic mass is 32.2. The molecule has 5 heteroatoms. The van der Waals surface area contributed by atoms with Crippen LogP contribution in [0, 0.1) is 5.92 Å². The van der Waals surface area contributed by atoms with E-state index in [1.807, 2.05) is 12.1 Å². The molecule has 0 fully saturated rings. The number of benzene rings is 1. The first-order valence-electron chi connectivity index (χ1n) is 7.34. The zero-order valence-electron chi connectivity index (χ0n) is 12.1. The largest absolute Gasteiger partial charge is 0.330 e. The van der Waals surface area contributed by atoms with E-state index in [0.29, 0.717) is 23.9 Å². The second-order valence-electron chi connectivity index (χ2n) is 5.66. The fourth-order valence-corrected chi connectivity index (χ4v) is 3.70. The zero-order valence-corrected chi connectivity index (χ0v) is 12.9. The second kappa shape index (κ2) is 6.70. The average Bonchev–Trinajstić information content (AvgIpc) is 2.90. The van der Waals surface area contributed by atoms with Crippen LogP contribution in [-0.4, -0.2) is 21.5 Å². The standard InChI is InChI=1S/C15H24N2O2S/c1-12(11-16)4-3-9-17-20(18,19)15-8-7-13-5-2-6-14(13)10-15/h7-8,10,12,17H,2-6,9,11,16H2,1H3. The summed E-state index contributed by atoms with van der Waals surface area (Å²) in [6, 6.07) is 5.50. The summed E-state index contributed by atoms with van der Waals surface area (Å²) in [5.74, 6) is 0.444. The van der Waals surface area contributed by atoms with Gasteiger partial charge < -0.3 is 5.73 Å². The number of nitrogens with one attached hydrogen (secondary N) is 1. The van der Waals surface area contributed by atoms with Crippen LogP contribution >= 0.6 is 0 Å². The van der Waals surface area contributed by atoms with Gasteiger partial charge in [-0.2, -0.15) is 0 Å². The van der Waals surface area contributed by atoms with Gasteiger partial charge in [0.25, 0.3) is 0 Å². The van der Waals surface area contributed by atoms with Crippen molar-refractivity contribution in [2.45, 2.75) is 43.9 Å². The number of sulfonamides is 1. The van der Waals surface area contributed by atoms with Gasteiger partial charge in [-0.1, -0.05) is 13.0 Å². The lowest BCUT2D eigenvalue weighted by atomic mass is 10.1. The topological polar surface area (TPSA) is 72.2 Å². The molecule has 1 unspecified atom stereocenters. The fraction of sp³-hybridized carbons (Fsp3) is 0.600. The molecule has 0 aromatic heterocycles. The number of nitrogens with two attached hydrogens (primary N) is 1. The molecule has 1 aliphatic rings. The lowest BCUT2D eigenvalue weighted by molar-refractivity contribution is 0.513. The van der Waals surface area contributed by atoms with Gasteiger partial charge in [-0.05, 0) is 67.8 Å². The van der Waals surface area contributed by atoms with Gasteiger partial charge in [-0.25, -0.2) is 13.1 Å². The molecule has 112 valence electrons. The first-order chi connectivity index (χ1) is 9.53. The van der Waals surface area contributed by atoms with Crippen LogP contribution < -0.4 is 10.5 Å². The molecular weight excluding hydrogens is 272 g/mol. The molecule has 0 heterocycles. The van der Waals surface area contributed by atoms with Crippen LogP contribution in [0.3, 0.4) is 0 Å². The maximum atomic E-state index is 12.2. The molecular formula is C15H24N2O2S. The summed E-state index contributed by atoms with van der Waals surface area (Å²) >= 11 is 0. The van der Waals surface area contributed by atoms with Crippen molar-refractivity contribution in [1.82, 2.24) is 4.72 Å². The van der Waals surface area contributed by atoms with Crippen LogP contribution in [0.25, 0.3) is 0 Å². The van der Waals surface area contributed by atoms with Gasteiger partial charge in [0, 0.05) is 6.54 Å². The third-order valence-electron chi connectivity index (χ3n) is 3.95. The van der Waals surface area contributed by atoms with Gasteiger partial charge in [-0.15, -0.1) is 0 Å². The van der Waals surface area contributed by atoms with Gasteiger partial charge in [0.2, 0.25) is 10.0 Å². The summed E-state index contributed by atoms with van der Waals surface area (Å²) < 4.78 is 27.1. The number of fused-ring (bicyclic) bond motifs is 1. The third kappa shape index (κ3) is 3.81. The normalized spacial score (nSPS) is 16.1. The minimum atomic E-state index is -3.37. The Labute approximate surface area is 121 Å². The summed E-state index contributed by atoms with van der Waals surface area (Å²) in [7, 11) is -3.37. The average molecular weight is 296 g/mol. The highest BCUT2D eigenvalue weighted by Crippen LogP contribution is 2.24. The molecule has 2 rings (SSSR count). The molecule has 1 atom stereocenters. The predicted octanol–water partition coefficient (Wildman–Crippen LogP) is 1.83. The van der Waals surface area contributed by atoms with Gasteiger partial charge in [0.05, 0.1) is 4.90 Å². The van der Waals surface area contributed by atoms with E-state index in [9.17, 15) is 8.42 Å². The molecule has 0 radical (unpaired) electrons. The fourth-order valence-electron chi connectivity index (χ4n) is 2.57. The Morgan fingerprint density at radius 1 is 1.30 bits per heavy atom. The van der Waals surface area contributed by atoms with E-state index in [4.69, 9.17) is 5.73 Å². The van der Waals surface area contributed by atoms with Crippen molar-refractivity contribution in [1.29, 1.82) is 0 Å². The lowest BCUT2D eigenvalue weighted by Crippen LogP contribution is -2.25. The SMILES string of the molecule is CC(CN)CCCNS(=O)(=O)c1ccc2c(c1)CCC2. The quantitative estimate of drug-likeness (QED) is 0.754. The first-order valence-corrected chi connectivity index (χ1v) is 8.83. The van der Waals surface area contributed by atoms with Crippen LogP contribution in [0.2, 0.25) is 0 Å². The van der Waals surface area contributed by atoms with Crippen LogP contribution in [0.1, 0.15) is 37.3 Å². The second-order valence-corrected chi connectivity index (χ2v) is 7.43. The Bertz CT molecular complexity index is 555. The molecule has 20 heavy (non-hydrogen) atoms. The van der Waals surface area contributed by atoms with Crippen molar-refractivity contribution in [3.05, 3.63) is 29.3 Å². The van der Waals surface area contributed by atoms with Crippen LogP contribution in [0.5, 0.6) is 0 Å². The number of aryl methyl sites for hydroxylation is 2. The Hall–Kier alpha value is -0.910. The smallest absolute Gasteiger partial charge is 0.240 e. The van der Waals surface area contributed by atoms with E-state index < -0.39 is 10.0 Å². The lowest BCUT2D eigenvalue weighted by Gasteiger charge is -2.10. The van der Waals surface area contributed by atoms with Gasteiger partial charge in [0.1, 0.15) is 0 Å². The third-order valence-corrected chi connectivity index (χ3v) is 5.41. The summed E-state index contributed by atoms with van der Waals surface area (Å²) in [6.45, 7) is 3.20. The molecule has 0 bridgehead atoms. The van der Waals surface area contributed by atoms with Crippen molar-refractivity contribution in [3.8, 4) is 0 Å². The number of rotatable bonds is 7. The van der Waals surface area contributed by atoms with E-state index in [-0.39, 0.29) is 0 Å². The number of hydrogen-bond acceptors (Lipinski definition) is 3.